The summed E-state index contributed by atoms with van der Waals surface area (Å²) in [5.41, 5.74) is -2.26. The molecule has 0 amide bonds. The van der Waals surface area contributed by atoms with Crippen LogP contribution in [0.15, 0.2) is 44.5 Å². The average molecular weight is 365 g/mol. The van der Waals surface area contributed by atoms with E-state index in [1.807, 2.05) is 0 Å². The van der Waals surface area contributed by atoms with E-state index in [0.717, 1.165) is 5.56 Å². The number of rotatable bonds is 3. The number of nitrogens with zero attached hydrogens (tertiary/aromatic N) is 1. The van der Waals surface area contributed by atoms with Crippen molar-refractivity contribution in [2.75, 3.05) is 0 Å². The summed E-state index contributed by atoms with van der Waals surface area (Å²) in [6, 6.07) is 8.89. The maximum Gasteiger partial charge on any atom is 0.349 e. The Morgan fingerprint density at radius 3 is 2.31 bits per heavy atom. The first kappa shape index (κ1) is 17.7. The van der Waals surface area contributed by atoms with E-state index in [-0.39, 0.29) is 12.3 Å². The van der Waals surface area contributed by atoms with Crippen LogP contribution in [0.4, 0.5) is 17.6 Å². The first-order valence-corrected chi connectivity index (χ1v) is 7.40. The van der Waals surface area contributed by atoms with Gasteiger partial charge in [0.2, 0.25) is 11.6 Å². The molecule has 0 aliphatic carbocycles. The first-order valence-electron chi connectivity index (χ1n) is 7.40. The lowest BCUT2D eigenvalue weighted by molar-refractivity contribution is 0.398. The quantitative estimate of drug-likeness (QED) is 0.250. The van der Waals surface area contributed by atoms with Crippen molar-refractivity contribution < 1.29 is 27.1 Å². The summed E-state index contributed by atoms with van der Waals surface area (Å²) < 4.78 is 59.1. The average Bonchev–Trinajstić information content (AvgIpc) is 2.63. The van der Waals surface area contributed by atoms with Gasteiger partial charge in [-0.1, -0.05) is 30.3 Å². The van der Waals surface area contributed by atoms with Crippen LogP contribution in [0.25, 0.3) is 11.0 Å². The highest BCUT2D eigenvalue weighted by atomic mass is 19.2. The summed E-state index contributed by atoms with van der Waals surface area (Å²) in [4.78, 5) is 16.2. The van der Waals surface area contributed by atoms with Crippen LogP contribution in [0.5, 0.6) is 5.75 Å². The summed E-state index contributed by atoms with van der Waals surface area (Å²) in [5.74, 6) is -9.10. The SMILES string of the molecule is CC(=NCc1ccccc1)c1c(O)c2c(F)c(F)c(F)c(F)c2oc1=O. The molecule has 3 aromatic rings. The molecule has 0 bridgehead atoms. The molecule has 8 heteroatoms. The molecule has 0 aliphatic heterocycles. The maximum atomic E-state index is 14.0. The Balaban J connectivity index is 2.20. The summed E-state index contributed by atoms with van der Waals surface area (Å²) in [5, 5.41) is 9.12. The number of hydrogen-bond acceptors (Lipinski definition) is 4. The molecule has 0 atom stereocenters. The topological polar surface area (TPSA) is 62.8 Å². The third-order valence-corrected chi connectivity index (χ3v) is 3.80. The van der Waals surface area contributed by atoms with Crippen molar-refractivity contribution in [3.8, 4) is 5.75 Å². The molecule has 0 aliphatic rings. The van der Waals surface area contributed by atoms with E-state index in [1.165, 1.54) is 6.92 Å². The Bertz CT molecular complexity index is 1090. The molecule has 1 N–H and O–H groups in total. The molecule has 2 aromatic carbocycles. The Kier molecular flexibility index (Phi) is 4.50. The minimum absolute atomic E-state index is 0.0356. The zero-order chi connectivity index (χ0) is 19.0. The van der Waals surface area contributed by atoms with Crippen LogP contribution in [-0.4, -0.2) is 10.8 Å². The van der Waals surface area contributed by atoms with E-state index in [9.17, 15) is 27.5 Å². The second-order valence-corrected chi connectivity index (χ2v) is 5.46. The van der Waals surface area contributed by atoms with Gasteiger partial charge in [0.05, 0.1) is 12.3 Å². The van der Waals surface area contributed by atoms with E-state index in [2.05, 4.69) is 9.41 Å². The molecule has 1 heterocycles. The second kappa shape index (κ2) is 6.62. The number of benzene rings is 2. The summed E-state index contributed by atoms with van der Waals surface area (Å²) >= 11 is 0. The zero-order valence-electron chi connectivity index (χ0n) is 13.3. The third kappa shape index (κ3) is 2.83. The second-order valence-electron chi connectivity index (χ2n) is 5.46. The van der Waals surface area contributed by atoms with Gasteiger partial charge in [-0.3, -0.25) is 4.99 Å². The van der Waals surface area contributed by atoms with Crippen LogP contribution in [0, 0.1) is 23.3 Å². The normalized spacial score (nSPS) is 12.0. The van der Waals surface area contributed by atoms with Crippen molar-refractivity contribution >= 4 is 16.7 Å². The Morgan fingerprint density at radius 2 is 1.65 bits per heavy atom. The van der Waals surface area contributed by atoms with Crippen molar-refractivity contribution in [2.45, 2.75) is 13.5 Å². The van der Waals surface area contributed by atoms with E-state index in [0.29, 0.717) is 0 Å². The highest BCUT2D eigenvalue weighted by molar-refractivity contribution is 6.04. The lowest BCUT2D eigenvalue weighted by atomic mass is 10.1. The van der Waals surface area contributed by atoms with Gasteiger partial charge in [-0.25, -0.2) is 18.0 Å². The van der Waals surface area contributed by atoms with Gasteiger partial charge < -0.3 is 9.52 Å². The number of halogens is 4. The lowest BCUT2D eigenvalue weighted by Crippen LogP contribution is -2.15. The van der Waals surface area contributed by atoms with Crippen molar-refractivity contribution in [3.05, 3.63) is 75.1 Å². The van der Waals surface area contributed by atoms with Crippen molar-refractivity contribution in [1.29, 1.82) is 0 Å². The maximum absolute atomic E-state index is 14.0. The minimum atomic E-state index is -2.14. The van der Waals surface area contributed by atoms with Crippen LogP contribution < -0.4 is 5.63 Å². The van der Waals surface area contributed by atoms with Crippen molar-refractivity contribution in [3.63, 3.8) is 0 Å². The van der Waals surface area contributed by atoms with Crippen LogP contribution in [0.2, 0.25) is 0 Å². The standard InChI is InChI=1S/C18H11F4NO3/c1-8(23-7-9-5-3-2-4-6-9)10-16(24)11-12(19)13(20)14(21)15(22)17(11)26-18(10)25/h2-6,24H,7H2,1H3. The molecule has 0 radical (unpaired) electrons. The fourth-order valence-electron chi connectivity index (χ4n) is 2.48. The molecular weight excluding hydrogens is 354 g/mol. The summed E-state index contributed by atoms with van der Waals surface area (Å²) in [6.07, 6.45) is 0. The van der Waals surface area contributed by atoms with Crippen LogP contribution in [0.3, 0.4) is 0 Å². The van der Waals surface area contributed by atoms with Crippen LogP contribution in [0.1, 0.15) is 18.1 Å². The summed E-state index contributed by atoms with van der Waals surface area (Å²) in [6.45, 7) is 1.48. The van der Waals surface area contributed by atoms with Gasteiger partial charge in [0.1, 0.15) is 16.7 Å². The lowest BCUT2D eigenvalue weighted by Gasteiger charge is -2.09. The minimum Gasteiger partial charge on any atom is -0.506 e. The zero-order valence-corrected chi connectivity index (χ0v) is 13.3. The van der Waals surface area contributed by atoms with E-state index in [4.69, 9.17) is 0 Å². The van der Waals surface area contributed by atoms with Crippen LogP contribution in [-0.2, 0) is 6.54 Å². The molecule has 0 saturated heterocycles. The van der Waals surface area contributed by atoms with Gasteiger partial charge in [-0.15, -0.1) is 0 Å². The number of aromatic hydroxyl groups is 1. The number of aliphatic imine (C=N–C) groups is 1. The fraction of sp³-hybridized carbons (Fsp3) is 0.111. The molecule has 0 saturated carbocycles. The summed E-state index contributed by atoms with van der Waals surface area (Å²) in [7, 11) is 0. The highest BCUT2D eigenvalue weighted by Crippen LogP contribution is 2.33. The van der Waals surface area contributed by atoms with Crippen LogP contribution >= 0.6 is 0 Å². The van der Waals surface area contributed by atoms with Gasteiger partial charge in [-0.05, 0) is 12.5 Å². The van der Waals surface area contributed by atoms with Gasteiger partial charge in [0.15, 0.2) is 17.2 Å². The molecular formula is C18H11F4NO3. The number of fused-ring (bicyclic) bond motifs is 1. The highest BCUT2D eigenvalue weighted by Gasteiger charge is 2.28. The number of hydrogen-bond donors (Lipinski definition) is 1. The molecule has 1 aromatic heterocycles. The van der Waals surface area contributed by atoms with Crippen molar-refractivity contribution in [2.24, 2.45) is 4.99 Å². The largest absolute Gasteiger partial charge is 0.506 e. The Labute approximate surface area is 144 Å². The molecule has 0 unspecified atom stereocenters. The fourth-order valence-corrected chi connectivity index (χ4v) is 2.48. The predicted octanol–water partition coefficient (Wildman–Crippen LogP) is 4.06. The molecule has 0 fully saturated rings. The molecule has 3 rings (SSSR count). The molecule has 26 heavy (non-hydrogen) atoms. The molecule has 134 valence electrons. The van der Waals surface area contributed by atoms with Crippen molar-refractivity contribution in [1.82, 2.24) is 0 Å². The third-order valence-electron chi connectivity index (χ3n) is 3.80. The van der Waals surface area contributed by atoms with E-state index in [1.54, 1.807) is 30.3 Å². The molecule has 4 nitrogen and oxygen atoms in total. The van der Waals surface area contributed by atoms with Gasteiger partial charge in [0, 0.05) is 0 Å². The smallest absolute Gasteiger partial charge is 0.349 e. The molecule has 0 spiro atoms. The Morgan fingerprint density at radius 1 is 1.04 bits per heavy atom. The first-order chi connectivity index (χ1) is 12.3. The van der Waals surface area contributed by atoms with E-state index >= 15 is 0 Å². The van der Waals surface area contributed by atoms with Gasteiger partial charge in [0.25, 0.3) is 0 Å². The van der Waals surface area contributed by atoms with E-state index < -0.39 is 51.2 Å². The van der Waals surface area contributed by atoms with Gasteiger partial charge in [-0.2, -0.15) is 4.39 Å². The Hall–Kier alpha value is -3.16. The van der Waals surface area contributed by atoms with Gasteiger partial charge >= 0.3 is 5.63 Å². The predicted molar refractivity (Wildman–Crippen MR) is 86.3 cm³/mol. The monoisotopic (exact) mass is 365 g/mol.